The summed E-state index contributed by atoms with van der Waals surface area (Å²) in [5.41, 5.74) is 5.31. The van der Waals surface area contributed by atoms with Crippen LogP contribution in [-0.2, 0) is 0 Å². The van der Waals surface area contributed by atoms with Crippen molar-refractivity contribution in [1.82, 2.24) is 10.2 Å². The second-order valence-corrected chi connectivity index (χ2v) is 7.01. The zero-order valence-electron chi connectivity index (χ0n) is 15.0. The number of nitrogens with one attached hydrogen (secondary N) is 1. The molecule has 0 aromatic heterocycles. The van der Waals surface area contributed by atoms with Crippen molar-refractivity contribution in [2.24, 2.45) is 0 Å². The van der Waals surface area contributed by atoms with Crippen LogP contribution in [0.1, 0.15) is 34.7 Å². The van der Waals surface area contributed by atoms with Crippen LogP contribution in [0, 0.1) is 13.8 Å². The Morgan fingerprint density at radius 2 is 1.84 bits per heavy atom. The van der Waals surface area contributed by atoms with E-state index in [0.29, 0.717) is 6.79 Å². The van der Waals surface area contributed by atoms with Crippen LogP contribution in [0.5, 0.6) is 11.5 Å². The Hall–Kier alpha value is -2.04. The molecular weight excluding hydrogens is 312 g/mol. The third-order valence-corrected chi connectivity index (χ3v) is 5.17. The molecule has 1 saturated heterocycles. The fourth-order valence-electron chi connectivity index (χ4n) is 3.93. The highest BCUT2D eigenvalue weighted by Crippen LogP contribution is 2.38. The monoisotopic (exact) mass is 338 g/mol. The van der Waals surface area contributed by atoms with Crippen LogP contribution >= 0.6 is 0 Å². The van der Waals surface area contributed by atoms with Crippen LogP contribution in [0.15, 0.2) is 36.4 Å². The van der Waals surface area contributed by atoms with Crippen molar-refractivity contribution in [3.8, 4) is 11.5 Å². The number of fused-ring (bicyclic) bond motifs is 1. The van der Waals surface area contributed by atoms with Crippen LogP contribution in [0.3, 0.4) is 0 Å². The van der Waals surface area contributed by atoms with Gasteiger partial charge >= 0.3 is 0 Å². The van der Waals surface area contributed by atoms with Gasteiger partial charge in [0.1, 0.15) is 0 Å². The van der Waals surface area contributed by atoms with E-state index in [1.54, 1.807) is 0 Å². The maximum atomic E-state index is 5.63. The summed E-state index contributed by atoms with van der Waals surface area (Å²) in [5, 5.41) is 3.51. The molecule has 0 aliphatic carbocycles. The molecule has 0 amide bonds. The highest BCUT2D eigenvalue weighted by Gasteiger charge is 2.26. The third kappa shape index (κ3) is 3.37. The second kappa shape index (κ2) is 7.06. The molecule has 2 heterocycles. The van der Waals surface area contributed by atoms with E-state index >= 15 is 0 Å². The minimum absolute atomic E-state index is 0.245. The maximum absolute atomic E-state index is 5.63. The lowest BCUT2D eigenvalue weighted by atomic mass is 9.92. The van der Waals surface area contributed by atoms with Gasteiger partial charge in [0.25, 0.3) is 0 Å². The van der Waals surface area contributed by atoms with Crippen molar-refractivity contribution in [1.29, 1.82) is 0 Å². The number of ether oxygens (including phenoxy) is 2. The number of aryl methyl sites for hydroxylation is 2. The van der Waals surface area contributed by atoms with E-state index in [0.717, 1.165) is 37.7 Å². The molecule has 2 aliphatic heterocycles. The van der Waals surface area contributed by atoms with Gasteiger partial charge in [-0.3, -0.25) is 4.90 Å². The van der Waals surface area contributed by atoms with E-state index in [1.807, 2.05) is 6.07 Å². The molecule has 2 aromatic rings. The average Bonchev–Trinajstić information content (AvgIpc) is 2.91. The zero-order valence-corrected chi connectivity index (χ0v) is 15.0. The normalized spacial score (nSPS) is 18.8. The van der Waals surface area contributed by atoms with Gasteiger partial charge in [-0.2, -0.15) is 0 Å². The smallest absolute Gasteiger partial charge is 0.231 e. The van der Waals surface area contributed by atoms with Gasteiger partial charge in [0.2, 0.25) is 6.79 Å². The quantitative estimate of drug-likeness (QED) is 0.930. The molecule has 1 N–H and O–H groups in total. The van der Waals surface area contributed by atoms with Gasteiger partial charge in [-0.1, -0.05) is 29.8 Å². The maximum Gasteiger partial charge on any atom is 0.231 e. The molecular formula is C21H26N2O2. The minimum Gasteiger partial charge on any atom is -0.454 e. The van der Waals surface area contributed by atoms with E-state index in [-0.39, 0.29) is 6.04 Å². The van der Waals surface area contributed by atoms with Gasteiger partial charge in [0.05, 0.1) is 6.04 Å². The summed E-state index contributed by atoms with van der Waals surface area (Å²) >= 11 is 0. The van der Waals surface area contributed by atoms with E-state index in [9.17, 15) is 0 Å². The summed E-state index contributed by atoms with van der Waals surface area (Å²) < 4.78 is 11.1. The minimum atomic E-state index is 0.245. The SMILES string of the molecule is Cc1ccc(C(c2ccc3c(c2)OCO3)N2CCCNCC2)c(C)c1. The summed E-state index contributed by atoms with van der Waals surface area (Å²) in [7, 11) is 0. The first kappa shape index (κ1) is 16.4. The van der Waals surface area contributed by atoms with Gasteiger partial charge in [-0.15, -0.1) is 0 Å². The highest BCUT2D eigenvalue weighted by atomic mass is 16.7. The molecule has 25 heavy (non-hydrogen) atoms. The molecule has 0 spiro atoms. The summed E-state index contributed by atoms with van der Waals surface area (Å²) in [6.07, 6.45) is 1.17. The summed E-state index contributed by atoms with van der Waals surface area (Å²) in [4.78, 5) is 2.59. The standard InChI is InChI=1S/C21H26N2O2/c1-15-4-6-18(16(2)12-15)21(23-10-3-8-22-9-11-23)17-5-7-19-20(13-17)25-14-24-19/h4-7,12-13,21-22H,3,8-11,14H2,1-2H3. The summed E-state index contributed by atoms with van der Waals surface area (Å²) in [5.74, 6) is 1.71. The molecule has 4 heteroatoms. The van der Waals surface area contributed by atoms with E-state index < -0.39 is 0 Å². The van der Waals surface area contributed by atoms with Crippen molar-refractivity contribution >= 4 is 0 Å². The van der Waals surface area contributed by atoms with Crippen molar-refractivity contribution in [3.05, 3.63) is 58.7 Å². The first-order valence-corrected chi connectivity index (χ1v) is 9.14. The third-order valence-electron chi connectivity index (χ3n) is 5.17. The van der Waals surface area contributed by atoms with Crippen LogP contribution in [0.4, 0.5) is 0 Å². The molecule has 4 nitrogen and oxygen atoms in total. The van der Waals surface area contributed by atoms with Gasteiger partial charge < -0.3 is 14.8 Å². The predicted molar refractivity (Wildman–Crippen MR) is 99.4 cm³/mol. The summed E-state index contributed by atoms with van der Waals surface area (Å²) in [6.45, 7) is 8.97. The van der Waals surface area contributed by atoms with Gasteiger partial charge in [-0.25, -0.2) is 0 Å². The van der Waals surface area contributed by atoms with Crippen molar-refractivity contribution < 1.29 is 9.47 Å². The van der Waals surface area contributed by atoms with Crippen LogP contribution in [0.2, 0.25) is 0 Å². The topological polar surface area (TPSA) is 33.7 Å². The fourth-order valence-corrected chi connectivity index (χ4v) is 3.93. The van der Waals surface area contributed by atoms with Crippen molar-refractivity contribution in [2.45, 2.75) is 26.3 Å². The Morgan fingerprint density at radius 1 is 0.960 bits per heavy atom. The van der Waals surface area contributed by atoms with Crippen LogP contribution in [0.25, 0.3) is 0 Å². The van der Waals surface area contributed by atoms with Gasteiger partial charge in [0.15, 0.2) is 11.5 Å². The lowest BCUT2D eigenvalue weighted by Crippen LogP contribution is -2.33. The van der Waals surface area contributed by atoms with E-state index in [2.05, 4.69) is 54.4 Å². The lowest BCUT2D eigenvalue weighted by Gasteiger charge is -2.32. The largest absolute Gasteiger partial charge is 0.454 e. The first-order chi connectivity index (χ1) is 12.2. The molecule has 0 saturated carbocycles. The van der Waals surface area contributed by atoms with E-state index in [4.69, 9.17) is 9.47 Å². The van der Waals surface area contributed by atoms with Crippen molar-refractivity contribution in [3.63, 3.8) is 0 Å². The van der Waals surface area contributed by atoms with Gasteiger partial charge in [0, 0.05) is 19.6 Å². The molecule has 1 atom stereocenters. The zero-order chi connectivity index (χ0) is 17.2. The summed E-state index contributed by atoms with van der Waals surface area (Å²) in [6, 6.07) is 13.4. The Kier molecular flexibility index (Phi) is 4.64. The first-order valence-electron chi connectivity index (χ1n) is 9.14. The molecule has 132 valence electrons. The molecule has 1 unspecified atom stereocenters. The fraction of sp³-hybridized carbons (Fsp3) is 0.429. The van der Waals surface area contributed by atoms with Gasteiger partial charge in [-0.05, 0) is 55.6 Å². The number of hydrogen-bond donors (Lipinski definition) is 1. The Balaban J connectivity index is 1.77. The Labute approximate surface area is 149 Å². The van der Waals surface area contributed by atoms with Crippen molar-refractivity contribution in [2.75, 3.05) is 33.0 Å². The molecule has 2 aromatic carbocycles. The number of rotatable bonds is 3. The van der Waals surface area contributed by atoms with Crippen LogP contribution < -0.4 is 14.8 Å². The molecule has 2 aliphatic rings. The highest BCUT2D eigenvalue weighted by molar-refractivity contribution is 5.48. The molecule has 4 rings (SSSR count). The molecule has 0 radical (unpaired) electrons. The van der Waals surface area contributed by atoms with Crippen LogP contribution in [-0.4, -0.2) is 37.9 Å². The molecule has 0 bridgehead atoms. The number of benzene rings is 2. The Morgan fingerprint density at radius 3 is 2.72 bits per heavy atom. The predicted octanol–water partition coefficient (Wildman–Crippen LogP) is 3.42. The average molecular weight is 338 g/mol. The molecule has 1 fully saturated rings. The second-order valence-electron chi connectivity index (χ2n) is 7.01. The number of hydrogen-bond acceptors (Lipinski definition) is 4. The van der Waals surface area contributed by atoms with E-state index in [1.165, 1.54) is 28.7 Å². The Bertz CT molecular complexity index is 752. The lowest BCUT2D eigenvalue weighted by molar-refractivity contribution is 0.173. The number of nitrogens with zero attached hydrogens (tertiary/aromatic N) is 1.